The van der Waals surface area contributed by atoms with Crippen LogP contribution in [0.5, 0.6) is 0 Å². The first-order valence-electron chi connectivity index (χ1n) is 6.85. The second-order valence-corrected chi connectivity index (χ2v) is 5.68. The number of amides is 2. The van der Waals surface area contributed by atoms with Crippen LogP contribution in [-0.2, 0) is 20.7 Å². The lowest BCUT2D eigenvalue weighted by Gasteiger charge is -2.21. The third kappa shape index (κ3) is 6.90. The average Bonchev–Trinajstić information content (AvgIpc) is 2.49. The van der Waals surface area contributed by atoms with Crippen LogP contribution in [0, 0.1) is 0 Å². The summed E-state index contributed by atoms with van der Waals surface area (Å²) in [5.41, 5.74) is 0.658. The summed E-state index contributed by atoms with van der Waals surface area (Å²) in [6.07, 6.45) is 0.148. The Morgan fingerprint density at radius 3 is 2.62 bits per heavy atom. The molecular weight excluding hydrogens is 358 g/mol. The zero-order valence-corrected chi connectivity index (χ0v) is 14.4. The minimum absolute atomic E-state index is 0.110. The van der Waals surface area contributed by atoms with E-state index in [0.29, 0.717) is 15.6 Å². The number of benzene rings is 1. The highest BCUT2D eigenvalue weighted by Crippen LogP contribution is 2.23. The molecular formula is C14H17BCl2N2O5. The van der Waals surface area contributed by atoms with Gasteiger partial charge in [-0.05, 0) is 23.8 Å². The van der Waals surface area contributed by atoms with Crippen LogP contribution in [-0.4, -0.2) is 53.9 Å². The first-order chi connectivity index (χ1) is 11.2. The molecule has 1 atom stereocenters. The summed E-state index contributed by atoms with van der Waals surface area (Å²) in [5.74, 6) is -0.965. The maximum absolute atomic E-state index is 11.9. The molecule has 0 saturated heterocycles. The van der Waals surface area contributed by atoms with Crippen LogP contribution >= 0.6 is 23.2 Å². The Morgan fingerprint density at radius 1 is 1.42 bits per heavy atom. The van der Waals surface area contributed by atoms with Crippen molar-refractivity contribution in [2.24, 2.45) is 0 Å². The second-order valence-electron chi connectivity index (χ2n) is 4.87. The molecule has 130 valence electrons. The van der Waals surface area contributed by atoms with E-state index in [1.165, 1.54) is 7.05 Å². The molecule has 1 rings (SSSR count). The maximum Gasteiger partial charge on any atom is 0.635 e. The molecule has 0 bridgehead atoms. The largest absolute Gasteiger partial charge is 0.635 e. The first kappa shape index (κ1) is 20.5. The lowest BCUT2D eigenvalue weighted by molar-refractivity contribution is -0.132. The van der Waals surface area contributed by atoms with E-state index in [1.807, 2.05) is 0 Å². The zero-order chi connectivity index (χ0) is 18.3. The second kappa shape index (κ2) is 9.66. The minimum atomic E-state index is -2.08. The number of nitrogens with one attached hydrogen (secondary N) is 1. The molecule has 7 nitrogen and oxygen atoms in total. The van der Waals surface area contributed by atoms with Crippen molar-refractivity contribution in [1.29, 1.82) is 0 Å². The van der Waals surface area contributed by atoms with Crippen molar-refractivity contribution in [3.63, 3.8) is 0 Å². The molecule has 2 amide bonds. The Kier molecular flexibility index (Phi) is 8.24. The van der Waals surface area contributed by atoms with E-state index in [2.05, 4.69) is 11.9 Å². The predicted molar refractivity (Wildman–Crippen MR) is 91.2 cm³/mol. The van der Waals surface area contributed by atoms with E-state index >= 15 is 0 Å². The highest BCUT2D eigenvalue weighted by Gasteiger charge is 2.21. The summed E-state index contributed by atoms with van der Waals surface area (Å²) >= 11 is 11.7. The molecule has 3 N–H and O–H groups in total. The maximum atomic E-state index is 11.9. The molecule has 24 heavy (non-hydrogen) atoms. The number of hydrogen-bond donors (Lipinski definition) is 3. The fourth-order valence-electron chi connectivity index (χ4n) is 1.84. The van der Waals surface area contributed by atoms with Gasteiger partial charge < -0.3 is 24.9 Å². The van der Waals surface area contributed by atoms with Crippen LogP contribution < -0.4 is 5.32 Å². The van der Waals surface area contributed by atoms with Gasteiger partial charge in [-0.15, -0.1) is 0 Å². The fourth-order valence-corrected chi connectivity index (χ4v) is 2.16. The topological polar surface area (TPSA) is 99.1 Å². The van der Waals surface area contributed by atoms with Crippen LogP contribution in [0.25, 0.3) is 0 Å². The third-order valence-electron chi connectivity index (χ3n) is 2.94. The molecule has 1 aromatic carbocycles. The van der Waals surface area contributed by atoms with Gasteiger partial charge in [0.25, 0.3) is 0 Å². The Hall–Kier alpha value is -1.58. The molecule has 0 saturated carbocycles. The zero-order valence-electron chi connectivity index (χ0n) is 12.9. The quantitative estimate of drug-likeness (QED) is 0.351. The smallest absolute Gasteiger partial charge is 0.402 e. The Labute approximate surface area is 150 Å². The molecule has 0 aliphatic rings. The standard InChI is InChI=1S/C14H17BCl2N2O5/c1-3-14(21)19(2)8-12(20)18-13(24-15(22)23)7-9-4-5-10(16)11(17)6-9/h3-6,13,22-23H,1,7-8H2,2H3,(H,18,20)/t13-/m1/s1. The summed E-state index contributed by atoms with van der Waals surface area (Å²) in [5, 5.41) is 21.1. The lowest BCUT2D eigenvalue weighted by Crippen LogP contribution is -2.46. The van der Waals surface area contributed by atoms with Gasteiger partial charge in [0.05, 0.1) is 16.6 Å². The lowest BCUT2D eigenvalue weighted by atomic mass is 10.1. The Balaban J connectivity index is 2.74. The Morgan fingerprint density at radius 2 is 2.08 bits per heavy atom. The van der Waals surface area contributed by atoms with Crippen molar-refractivity contribution in [2.75, 3.05) is 13.6 Å². The number of likely N-dealkylation sites (N-methyl/N-ethyl adjacent to an activating group) is 1. The number of hydrogen-bond acceptors (Lipinski definition) is 5. The van der Waals surface area contributed by atoms with E-state index in [9.17, 15) is 9.59 Å². The van der Waals surface area contributed by atoms with Crippen molar-refractivity contribution in [3.8, 4) is 0 Å². The number of carbonyl (C=O) groups is 2. The molecule has 0 heterocycles. The summed E-state index contributed by atoms with van der Waals surface area (Å²) < 4.78 is 4.84. The highest BCUT2D eigenvalue weighted by molar-refractivity contribution is 6.42. The van der Waals surface area contributed by atoms with E-state index in [1.54, 1.807) is 18.2 Å². The normalized spacial score (nSPS) is 11.5. The first-order valence-corrected chi connectivity index (χ1v) is 7.61. The molecule has 0 fully saturated rings. The van der Waals surface area contributed by atoms with Gasteiger partial charge in [-0.25, -0.2) is 0 Å². The summed E-state index contributed by atoms with van der Waals surface area (Å²) in [7, 11) is -0.648. The Bertz CT molecular complexity index is 615. The number of nitrogens with zero attached hydrogens (tertiary/aromatic N) is 1. The van der Waals surface area contributed by atoms with Crippen molar-refractivity contribution in [2.45, 2.75) is 12.6 Å². The summed E-state index contributed by atoms with van der Waals surface area (Å²) in [6.45, 7) is 3.08. The van der Waals surface area contributed by atoms with Crippen LogP contribution in [0.2, 0.25) is 10.0 Å². The summed E-state index contributed by atoms with van der Waals surface area (Å²) in [6, 6.07) is 4.81. The van der Waals surface area contributed by atoms with Gasteiger partial charge in [-0.3, -0.25) is 9.59 Å². The molecule has 1 aromatic rings. The molecule has 0 unspecified atom stereocenters. The monoisotopic (exact) mass is 374 g/mol. The summed E-state index contributed by atoms with van der Waals surface area (Å²) in [4.78, 5) is 24.5. The molecule has 0 aliphatic carbocycles. The molecule has 0 radical (unpaired) electrons. The molecule has 0 aliphatic heterocycles. The third-order valence-corrected chi connectivity index (χ3v) is 3.68. The predicted octanol–water partition coefficient (Wildman–Crippen LogP) is 0.609. The highest BCUT2D eigenvalue weighted by atomic mass is 35.5. The molecule has 0 aromatic heterocycles. The van der Waals surface area contributed by atoms with Crippen LogP contribution in [0.4, 0.5) is 0 Å². The van der Waals surface area contributed by atoms with Crippen LogP contribution in [0.3, 0.4) is 0 Å². The molecule has 10 heteroatoms. The number of rotatable bonds is 8. The van der Waals surface area contributed by atoms with E-state index in [0.717, 1.165) is 11.0 Å². The number of carbonyl (C=O) groups excluding carboxylic acids is 2. The van der Waals surface area contributed by atoms with E-state index < -0.39 is 25.4 Å². The minimum Gasteiger partial charge on any atom is -0.402 e. The van der Waals surface area contributed by atoms with Gasteiger partial charge >= 0.3 is 7.32 Å². The van der Waals surface area contributed by atoms with Gasteiger partial charge in [0.1, 0.15) is 6.23 Å². The average molecular weight is 375 g/mol. The SMILES string of the molecule is C=CC(=O)N(C)CC(=O)N[C@@H](Cc1ccc(Cl)c(Cl)c1)OB(O)O. The van der Waals surface area contributed by atoms with Crippen molar-refractivity contribution in [3.05, 3.63) is 46.5 Å². The van der Waals surface area contributed by atoms with Crippen LogP contribution in [0.1, 0.15) is 5.56 Å². The van der Waals surface area contributed by atoms with Gasteiger partial charge in [0.15, 0.2) is 0 Å². The fraction of sp³-hybridized carbons (Fsp3) is 0.286. The van der Waals surface area contributed by atoms with Gasteiger partial charge in [-0.2, -0.15) is 0 Å². The van der Waals surface area contributed by atoms with Gasteiger partial charge in [0, 0.05) is 13.5 Å². The van der Waals surface area contributed by atoms with Crippen molar-refractivity contribution >= 4 is 42.3 Å². The van der Waals surface area contributed by atoms with Gasteiger partial charge in [0.2, 0.25) is 11.8 Å². The van der Waals surface area contributed by atoms with Gasteiger partial charge in [-0.1, -0.05) is 35.8 Å². The van der Waals surface area contributed by atoms with Crippen molar-refractivity contribution < 1.29 is 24.3 Å². The number of halogens is 2. The van der Waals surface area contributed by atoms with Crippen LogP contribution in [0.15, 0.2) is 30.9 Å². The van der Waals surface area contributed by atoms with E-state index in [4.69, 9.17) is 37.9 Å². The van der Waals surface area contributed by atoms with Crippen molar-refractivity contribution in [1.82, 2.24) is 10.2 Å². The molecule has 0 spiro atoms. The van der Waals surface area contributed by atoms with E-state index in [-0.39, 0.29) is 13.0 Å².